The van der Waals surface area contributed by atoms with Crippen LogP contribution >= 0.6 is 0 Å². The first kappa shape index (κ1) is 15.7. The lowest BCUT2D eigenvalue weighted by Crippen LogP contribution is -2.50. The number of cyclic esters (lactones) is 1. The standard InChI is InChI=1S/C16H21N3O4/c20-13-7-11(8-13)14(9-12-3-1-2-4-17-12)18-15(21)10-19-5-6-23-16(19)22/h1-4,11,13-14,20H,5-10H2,(H,18,21). The highest BCUT2D eigenvalue weighted by Gasteiger charge is 2.35. The number of carbonyl (C=O) groups is 2. The van der Waals surface area contributed by atoms with E-state index < -0.39 is 6.09 Å². The van der Waals surface area contributed by atoms with Gasteiger partial charge in [0.15, 0.2) is 0 Å². The molecule has 7 nitrogen and oxygen atoms in total. The van der Waals surface area contributed by atoms with Crippen LogP contribution in [-0.2, 0) is 16.0 Å². The summed E-state index contributed by atoms with van der Waals surface area (Å²) in [6, 6.07) is 5.60. The molecule has 0 spiro atoms. The van der Waals surface area contributed by atoms with E-state index in [4.69, 9.17) is 4.74 Å². The van der Waals surface area contributed by atoms with E-state index in [1.54, 1.807) is 6.20 Å². The van der Waals surface area contributed by atoms with Gasteiger partial charge in [0.05, 0.1) is 12.6 Å². The second-order valence-corrected chi connectivity index (χ2v) is 6.12. The predicted molar refractivity (Wildman–Crippen MR) is 81.5 cm³/mol. The molecule has 2 fully saturated rings. The van der Waals surface area contributed by atoms with Gasteiger partial charge in [0.2, 0.25) is 5.91 Å². The molecule has 0 aromatic carbocycles. The molecule has 1 aromatic rings. The van der Waals surface area contributed by atoms with Gasteiger partial charge in [-0.15, -0.1) is 0 Å². The Kier molecular flexibility index (Phi) is 4.76. The van der Waals surface area contributed by atoms with Crippen LogP contribution < -0.4 is 5.32 Å². The van der Waals surface area contributed by atoms with E-state index >= 15 is 0 Å². The zero-order valence-electron chi connectivity index (χ0n) is 12.9. The van der Waals surface area contributed by atoms with Gasteiger partial charge in [0.25, 0.3) is 0 Å². The van der Waals surface area contributed by atoms with Crippen molar-refractivity contribution in [3.63, 3.8) is 0 Å². The molecular formula is C16H21N3O4. The minimum absolute atomic E-state index is 0.00677. The normalized spacial score (nSPS) is 24.7. The predicted octanol–water partition coefficient (Wildman–Crippen LogP) is 0.332. The highest BCUT2D eigenvalue weighted by atomic mass is 16.6. The summed E-state index contributed by atoms with van der Waals surface area (Å²) in [5.41, 5.74) is 0.903. The van der Waals surface area contributed by atoms with Crippen molar-refractivity contribution in [2.75, 3.05) is 19.7 Å². The molecule has 3 rings (SSSR count). The number of amides is 2. The van der Waals surface area contributed by atoms with Crippen LogP contribution in [-0.4, -0.2) is 58.8 Å². The summed E-state index contributed by atoms with van der Waals surface area (Å²) in [7, 11) is 0. The van der Waals surface area contributed by atoms with Gasteiger partial charge in [-0.2, -0.15) is 0 Å². The average Bonchev–Trinajstić information content (AvgIpc) is 2.89. The number of aliphatic hydroxyl groups is 1. The third-order valence-corrected chi connectivity index (χ3v) is 4.40. The molecule has 2 N–H and O–H groups in total. The molecule has 1 saturated heterocycles. The fraction of sp³-hybridized carbons (Fsp3) is 0.562. The SMILES string of the molecule is O=C(CN1CCOC1=O)NC(Cc1ccccn1)C1CC(O)C1. The van der Waals surface area contributed by atoms with Crippen LogP contribution in [0.2, 0.25) is 0 Å². The number of pyridine rings is 1. The molecule has 1 aliphatic carbocycles. The molecule has 1 saturated carbocycles. The van der Waals surface area contributed by atoms with Crippen molar-refractivity contribution in [1.82, 2.24) is 15.2 Å². The minimum atomic E-state index is -0.444. The van der Waals surface area contributed by atoms with Crippen molar-refractivity contribution in [1.29, 1.82) is 0 Å². The Morgan fingerprint density at radius 2 is 2.30 bits per heavy atom. The number of nitrogens with zero attached hydrogens (tertiary/aromatic N) is 2. The van der Waals surface area contributed by atoms with Crippen molar-refractivity contribution in [3.05, 3.63) is 30.1 Å². The van der Waals surface area contributed by atoms with Crippen LogP contribution in [0.5, 0.6) is 0 Å². The smallest absolute Gasteiger partial charge is 0.410 e. The van der Waals surface area contributed by atoms with Gasteiger partial charge in [-0.3, -0.25) is 14.7 Å². The Morgan fingerprint density at radius 3 is 2.91 bits per heavy atom. The monoisotopic (exact) mass is 319 g/mol. The zero-order valence-corrected chi connectivity index (χ0v) is 12.9. The van der Waals surface area contributed by atoms with E-state index in [1.807, 2.05) is 18.2 Å². The molecule has 23 heavy (non-hydrogen) atoms. The van der Waals surface area contributed by atoms with E-state index in [-0.39, 0.29) is 30.5 Å². The Morgan fingerprint density at radius 1 is 1.48 bits per heavy atom. The largest absolute Gasteiger partial charge is 0.448 e. The van der Waals surface area contributed by atoms with Crippen molar-refractivity contribution >= 4 is 12.0 Å². The van der Waals surface area contributed by atoms with Gasteiger partial charge in [-0.05, 0) is 30.9 Å². The fourth-order valence-electron chi connectivity index (χ4n) is 3.03. The molecular weight excluding hydrogens is 298 g/mol. The maximum atomic E-state index is 12.2. The van der Waals surface area contributed by atoms with Gasteiger partial charge in [-0.25, -0.2) is 4.79 Å². The van der Waals surface area contributed by atoms with Crippen LogP contribution in [0.15, 0.2) is 24.4 Å². The van der Waals surface area contributed by atoms with Crippen molar-refractivity contribution < 1.29 is 19.4 Å². The maximum Gasteiger partial charge on any atom is 0.410 e. The lowest BCUT2D eigenvalue weighted by Gasteiger charge is -2.38. The molecule has 1 atom stereocenters. The molecule has 1 aromatic heterocycles. The molecule has 1 unspecified atom stereocenters. The van der Waals surface area contributed by atoms with Crippen LogP contribution in [0.1, 0.15) is 18.5 Å². The van der Waals surface area contributed by atoms with Crippen LogP contribution in [0.25, 0.3) is 0 Å². The summed E-state index contributed by atoms with van der Waals surface area (Å²) in [4.78, 5) is 29.3. The molecule has 1 aliphatic heterocycles. The summed E-state index contributed by atoms with van der Waals surface area (Å²) >= 11 is 0. The van der Waals surface area contributed by atoms with Crippen molar-refractivity contribution in [2.24, 2.45) is 5.92 Å². The Hall–Kier alpha value is -2.15. The van der Waals surface area contributed by atoms with Crippen molar-refractivity contribution in [2.45, 2.75) is 31.4 Å². The van der Waals surface area contributed by atoms with Crippen LogP contribution in [0.4, 0.5) is 4.79 Å². The summed E-state index contributed by atoms with van der Waals surface area (Å²) in [6.45, 7) is 0.782. The van der Waals surface area contributed by atoms with E-state index in [1.165, 1.54) is 4.90 Å². The van der Waals surface area contributed by atoms with E-state index in [9.17, 15) is 14.7 Å². The van der Waals surface area contributed by atoms with Crippen molar-refractivity contribution in [3.8, 4) is 0 Å². The Bertz CT molecular complexity index is 560. The zero-order chi connectivity index (χ0) is 16.2. The quantitative estimate of drug-likeness (QED) is 0.788. The second kappa shape index (κ2) is 6.95. The molecule has 2 heterocycles. The first-order chi connectivity index (χ1) is 11.1. The van der Waals surface area contributed by atoms with Gasteiger partial charge in [-0.1, -0.05) is 6.07 Å². The van der Waals surface area contributed by atoms with Gasteiger partial charge in [0.1, 0.15) is 13.2 Å². The summed E-state index contributed by atoms with van der Waals surface area (Å²) in [6.07, 6.45) is 2.99. The number of hydrogen-bond acceptors (Lipinski definition) is 5. The third kappa shape index (κ3) is 3.98. The third-order valence-electron chi connectivity index (χ3n) is 4.40. The highest BCUT2D eigenvalue weighted by molar-refractivity contribution is 5.83. The summed E-state index contributed by atoms with van der Waals surface area (Å²) < 4.78 is 4.82. The maximum absolute atomic E-state index is 12.2. The van der Waals surface area contributed by atoms with Crippen LogP contribution in [0, 0.1) is 5.92 Å². The van der Waals surface area contributed by atoms with E-state index in [2.05, 4.69) is 10.3 Å². The average molecular weight is 319 g/mol. The van der Waals surface area contributed by atoms with Gasteiger partial charge < -0.3 is 15.2 Å². The lowest BCUT2D eigenvalue weighted by molar-refractivity contribution is -0.123. The number of rotatable bonds is 6. The number of hydrogen-bond donors (Lipinski definition) is 2. The fourth-order valence-corrected chi connectivity index (χ4v) is 3.03. The van der Waals surface area contributed by atoms with E-state index in [0.29, 0.717) is 32.4 Å². The minimum Gasteiger partial charge on any atom is -0.448 e. The topological polar surface area (TPSA) is 91.8 Å². The van der Waals surface area contributed by atoms with Gasteiger partial charge >= 0.3 is 6.09 Å². The molecule has 0 radical (unpaired) electrons. The summed E-state index contributed by atoms with van der Waals surface area (Å²) in [5.74, 6) is 0.0349. The number of aromatic nitrogens is 1. The molecule has 124 valence electrons. The van der Waals surface area contributed by atoms with Crippen LogP contribution in [0.3, 0.4) is 0 Å². The number of ether oxygens (including phenoxy) is 1. The van der Waals surface area contributed by atoms with E-state index in [0.717, 1.165) is 5.69 Å². The first-order valence-electron chi connectivity index (χ1n) is 7.91. The first-order valence-corrected chi connectivity index (χ1v) is 7.91. The summed E-state index contributed by atoms with van der Waals surface area (Å²) in [5, 5.41) is 12.5. The molecule has 2 amide bonds. The Balaban J connectivity index is 1.59. The number of aliphatic hydroxyl groups excluding tert-OH is 1. The number of nitrogens with one attached hydrogen (secondary N) is 1. The lowest BCUT2D eigenvalue weighted by atomic mass is 9.76. The molecule has 7 heteroatoms. The molecule has 0 bridgehead atoms. The van der Waals surface area contributed by atoms with Gasteiger partial charge in [0, 0.05) is 24.4 Å². The Labute approximate surface area is 134 Å². The second-order valence-electron chi connectivity index (χ2n) is 6.12. The number of carbonyl (C=O) groups excluding carboxylic acids is 2. The highest BCUT2D eigenvalue weighted by Crippen LogP contribution is 2.31. The molecule has 2 aliphatic rings.